The quantitative estimate of drug-likeness (QED) is 0.800. The first-order valence-electron chi connectivity index (χ1n) is 6.33. The van der Waals surface area contributed by atoms with Crippen LogP contribution < -0.4 is 10.6 Å². The Hall–Kier alpha value is -1.33. The molecular formula is C13H15N3OS. The smallest absolute Gasteiger partial charge is 0.106 e. The summed E-state index contributed by atoms with van der Waals surface area (Å²) in [5, 5.41) is 0. The molecule has 0 spiro atoms. The molecule has 2 aromatic rings. The molecule has 0 saturated carbocycles. The van der Waals surface area contributed by atoms with Crippen molar-refractivity contribution in [3.8, 4) is 0 Å². The topological polar surface area (TPSA) is 51.4 Å². The molecule has 2 aliphatic heterocycles. The van der Waals surface area contributed by atoms with E-state index in [4.69, 9.17) is 10.5 Å². The molecule has 1 aromatic heterocycles. The van der Waals surface area contributed by atoms with Crippen molar-refractivity contribution in [1.29, 1.82) is 0 Å². The summed E-state index contributed by atoms with van der Waals surface area (Å²) in [7, 11) is 0. The Labute approximate surface area is 109 Å². The Morgan fingerprint density at radius 2 is 2.06 bits per heavy atom. The van der Waals surface area contributed by atoms with Gasteiger partial charge in [-0.05, 0) is 25.0 Å². The molecule has 4 nitrogen and oxygen atoms in total. The van der Waals surface area contributed by atoms with Crippen molar-refractivity contribution in [3.63, 3.8) is 0 Å². The summed E-state index contributed by atoms with van der Waals surface area (Å²) in [6.07, 6.45) is 3.13. The number of nitrogens with zero attached hydrogens (tertiary/aromatic N) is 2. The predicted molar refractivity (Wildman–Crippen MR) is 74.1 cm³/mol. The molecule has 2 bridgehead atoms. The van der Waals surface area contributed by atoms with Crippen molar-refractivity contribution in [2.24, 2.45) is 0 Å². The fourth-order valence-corrected chi connectivity index (χ4v) is 3.72. The van der Waals surface area contributed by atoms with E-state index in [0.29, 0.717) is 12.2 Å². The van der Waals surface area contributed by atoms with Gasteiger partial charge in [-0.25, -0.2) is 4.98 Å². The predicted octanol–water partition coefficient (Wildman–Crippen LogP) is 2.25. The molecule has 2 N–H and O–H groups in total. The van der Waals surface area contributed by atoms with Crippen LogP contribution in [0.4, 0.5) is 11.4 Å². The second kappa shape index (κ2) is 3.83. The molecule has 18 heavy (non-hydrogen) atoms. The normalized spacial score (nSPS) is 27.0. The maximum atomic E-state index is 6.27. The molecule has 4 rings (SSSR count). The SMILES string of the molecule is Nc1c(N2CC3CCC(C2)O3)ccc2scnc12. The zero-order chi connectivity index (χ0) is 12.1. The summed E-state index contributed by atoms with van der Waals surface area (Å²) in [5.74, 6) is 0. The Morgan fingerprint density at radius 1 is 1.28 bits per heavy atom. The lowest BCUT2D eigenvalue weighted by Crippen LogP contribution is -2.42. The number of rotatable bonds is 1. The van der Waals surface area contributed by atoms with Crippen LogP contribution in [-0.4, -0.2) is 30.3 Å². The third kappa shape index (κ3) is 1.51. The maximum absolute atomic E-state index is 6.27. The molecular weight excluding hydrogens is 246 g/mol. The van der Waals surface area contributed by atoms with E-state index in [9.17, 15) is 0 Å². The van der Waals surface area contributed by atoms with Gasteiger partial charge in [0.15, 0.2) is 0 Å². The van der Waals surface area contributed by atoms with Gasteiger partial charge in [0, 0.05) is 13.1 Å². The number of hydrogen-bond donors (Lipinski definition) is 1. The van der Waals surface area contributed by atoms with Crippen molar-refractivity contribution in [1.82, 2.24) is 4.98 Å². The van der Waals surface area contributed by atoms with E-state index in [1.807, 2.05) is 5.51 Å². The van der Waals surface area contributed by atoms with Gasteiger partial charge in [0.05, 0.1) is 33.8 Å². The van der Waals surface area contributed by atoms with E-state index in [0.717, 1.165) is 34.7 Å². The number of benzene rings is 1. The average molecular weight is 261 g/mol. The second-order valence-corrected chi connectivity index (χ2v) is 5.95. The van der Waals surface area contributed by atoms with Crippen LogP contribution >= 0.6 is 11.3 Å². The first kappa shape index (κ1) is 10.6. The van der Waals surface area contributed by atoms with Crippen LogP contribution in [0, 0.1) is 0 Å². The summed E-state index contributed by atoms with van der Waals surface area (Å²) < 4.78 is 7.02. The van der Waals surface area contributed by atoms with Crippen LogP contribution in [0.25, 0.3) is 10.2 Å². The van der Waals surface area contributed by atoms with Gasteiger partial charge < -0.3 is 15.4 Å². The zero-order valence-electron chi connectivity index (χ0n) is 10.0. The fraction of sp³-hybridized carbons (Fsp3) is 0.462. The standard InChI is InChI=1S/C13H15N3OS/c14-12-10(3-4-11-13(12)15-7-18-11)16-5-8-1-2-9(6-16)17-8/h3-4,7-9H,1-2,5-6,14H2. The number of fused-ring (bicyclic) bond motifs is 3. The second-order valence-electron chi connectivity index (χ2n) is 5.06. The van der Waals surface area contributed by atoms with Gasteiger partial charge in [-0.2, -0.15) is 0 Å². The lowest BCUT2D eigenvalue weighted by molar-refractivity contribution is 0.0305. The van der Waals surface area contributed by atoms with Crippen molar-refractivity contribution in [2.45, 2.75) is 25.0 Å². The molecule has 0 radical (unpaired) electrons. The summed E-state index contributed by atoms with van der Waals surface area (Å²) in [6.45, 7) is 1.91. The van der Waals surface area contributed by atoms with Crippen LogP contribution in [0.5, 0.6) is 0 Å². The van der Waals surface area contributed by atoms with E-state index in [2.05, 4.69) is 22.0 Å². The van der Waals surface area contributed by atoms with Crippen LogP contribution in [0.2, 0.25) is 0 Å². The highest BCUT2D eigenvalue weighted by Crippen LogP contribution is 2.36. The molecule has 2 unspecified atom stereocenters. The molecule has 0 aliphatic carbocycles. The van der Waals surface area contributed by atoms with E-state index >= 15 is 0 Å². The first-order chi connectivity index (χ1) is 8.81. The van der Waals surface area contributed by atoms with Crippen molar-refractivity contribution < 1.29 is 4.74 Å². The summed E-state index contributed by atoms with van der Waals surface area (Å²) in [5.41, 5.74) is 11.0. The molecule has 2 fully saturated rings. The number of ether oxygens (including phenoxy) is 1. The third-order valence-electron chi connectivity index (χ3n) is 3.90. The number of anilines is 2. The van der Waals surface area contributed by atoms with E-state index < -0.39 is 0 Å². The van der Waals surface area contributed by atoms with Gasteiger partial charge >= 0.3 is 0 Å². The number of nitrogen functional groups attached to an aromatic ring is 1. The Balaban J connectivity index is 1.75. The number of thiazole rings is 1. The highest BCUT2D eigenvalue weighted by molar-refractivity contribution is 7.16. The van der Waals surface area contributed by atoms with E-state index in [-0.39, 0.29) is 0 Å². The molecule has 2 aliphatic rings. The summed E-state index contributed by atoms with van der Waals surface area (Å²) in [6, 6.07) is 4.25. The minimum absolute atomic E-state index is 0.384. The van der Waals surface area contributed by atoms with Crippen molar-refractivity contribution in [2.75, 3.05) is 23.7 Å². The highest BCUT2D eigenvalue weighted by Gasteiger charge is 2.34. The van der Waals surface area contributed by atoms with Crippen molar-refractivity contribution >= 4 is 32.9 Å². The molecule has 1 aromatic carbocycles. The molecule has 3 heterocycles. The van der Waals surface area contributed by atoms with Gasteiger partial charge in [-0.15, -0.1) is 11.3 Å². The summed E-state index contributed by atoms with van der Waals surface area (Å²) >= 11 is 1.64. The first-order valence-corrected chi connectivity index (χ1v) is 7.21. The van der Waals surface area contributed by atoms with Crippen LogP contribution in [0.1, 0.15) is 12.8 Å². The molecule has 5 heteroatoms. The van der Waals surface area contributed by atoms with Gasteiger partial charge in [-0.3, -0.25) is 0 Å². The fourth-order valence-electron chi connectivity index (χ4n) is 3.03. The minimum Gasteiger partial charge on any atom is -0.395 e. The Kier molecular flexibility index (Phi) is 2.25. The lowest BCUT2D eigenvalue weighted by atomic mass is 10.2. The average Bonchev–Trinajstić information content (AvgIpc) is 2.97. The van der Waals surface area contributed by atoms with E-state index in [1.54, 1.807) is 11.3 Å². The number of aromatic nitrogens is 1. The molecule has 2 atom stereocenters. The van der Waals surface area contributed by atoms with Gasteiger partial charge in [0.2, 0.25) is 0 Å². The zero-order valence-corrected chi connectivity index (χ0v) is 10.8. The van der Waals surface area contributed by atoms with Gasteiger partial charge in [0.25, 0.3) is 0 Å². The summed E-state index contributed by atoms with van der Waals surface area (Å²) in [4.78, 5) is 6.72. The Morgan fingerprint density at radius 3 is 2.83 bits per heavy atom. The number of morpholine rings is 1. The number of nitrogens with two attached hydrogens (primary N) is 1. The number of hydrogen-bond acceptors (Lipinski definition) is 5. The molecule has 0 amide bonds. The van der Waals surface area contributed by atoms with Crippen LogP contribution in [0.3, 0.4) is 0 Å². The molecule has 94 valence electrons. The van der Waals surface area contributed by atoms with Crippen LogP contribution in [0.15, 0.2) is 17.6 Å². The molecule has 2 saturated heterocycles. The maximum Gasteiger partial charge on any atom is 0.106 e. The third-order valence-corrected chi connectivity index (χ3v) is 4.70. The monoisotopic (exact) mass is 261 g/mol. The highest BCUT2D eigenvalue weighted by atomic mass is 32.1. The lowest BCUT2D eigenvalue weighted by Gasteiger charge is -2.34. The minimum atomic E-state index is 0.384. The van der Waals surface area contributed by atoms with Gasteiger partial charge in [0.1, 0.15) is 5.52 Å². The van der Waals surface area contributed by atoms with Crippen LogP contribution in [-0.2, 0) is 4.74 Å². The van der Waals surface area contributed by atoms with E-state index in [1.165, 1.54) is 12.8 Å². The largest absolute Gasteiger partial charge is 0.395 e. The van der Waals surface area contributed by atoms with Gasteiger partial charge in [-0.1, -0.05) is 0 Å². The van der Waals surface area contributed by atoms with Crippen molar-refractivity contribution in [3.05, 3.63) is 17.6 Å². The Bertz CT molecular complexity index is 585.